The Kier molecular flexibility index (Phi) is 177. The van der Waals surface area contributed by atoms with Gasteiger partial charge in [0.25, 0.3) is 0 Å². The SMILES string of the molecule is C=CCO.[Cl-].[Cl-].[Cl-].[Ti+3]. The van der Waals surface area contributed by atoms with Crippen molar-refractivity contribution in [1.29, 1.82) is 0 Å². The smallest absolute Gasteiger partial charge is 1.00 e. The Balaban J connectivity index is -0.00000000750. The number of rotatable bonds is 1. The predicted molar refractivity (Wildman–Crippen MR) is 17.3 cm³/mol. The van der Waals surface area contributed by atoms with Crippen LogP contribution < -0.4 is 37.2 Å². The largest absolute Gasteiger partial charge is 3.00 e. The molecule has 0 saturated carbocycles. The van der Waals surface area contributed by atoms with Crippen molar-refractivity contribution in [1.82, 2.24) is 0 Å². The Labute approximate surface area is 83.0 Å². The van der Waals surface area contributed by atoms with Crippen molar-refractivity contribution in [3.05, 3.63) is 12.7 Å². The van der Waals surface area contributed by atoms with E-state index in [1.54, 1.807) is 0 Å². The maximum Gasteiger partial charge on any atom is 3.00 e. The molecule has 0 fully saturated rings. The average molecular weight is 212 g/mol. The Morgan fingerprint density at radius 1 is 1.25 bits per heavy atom. The van der Waals surface area contributed by atoms with Crippen LogP contribution in [0.4, 0.5) is 0 Å². The molecule has 8 heavy (non-hydrogen) atoms. The average Bonchev–Trinajstić information content (AvgIpc) is 1.37. The van der Waals surface area contributed by atoms with Crippen molar-refractivity contribution in [3.8, 4) is 0 Å². The molecule has 49 valence electrons. The van der Waals surface area contributed by atoms with E-state index >= 15 is 0 Å². The molecule has 0 aromatic rings. The molecule has 1 nitrogen and oxygen atoms in total. The predicted octanol–water partition coefficient (Wildman–Crippen LogP) is -8.83. The summed E-state index contributed by atoms with van der Waals surface area (Å²) in [6.07, 6.45) is 1.43. The quantitative estimate of drug-likeness (QED) is 0.338. The second-order valence-electron chi connectivity index (χ2n) is 0.471. The van der Waals surface area contributed by atoms with Crippen molar-refractivity contribution < 1.29 is 64.0 Å². The van der Waals surface area contributed by atoms with Gasteiger partial charge in [-0.25, -0.2) is 0 Å². The molecule has 1 radical (unpaired) electrons. The summed E-state index contributed by atoms with van der Waals surface area (Å²) in [5.74, 6) is 0. The van der Waals surface area contributed by atoms with E-state index in [0.717, 1.165) is 0 Å². The number of aliphatic hydroxyl groups is 1. The summed E-state index contributed by atoms with van der Waals surface area (Å²) in [5, 5.41) is 7.76. The van der Waals surface area contributed by atoms with E-state index in [1.807, 2.05) is 0 Å². The molecule has 0 aliphatic rings. The molecule has 0 aromatic carbocycles. The number of hydrogen-bond donors (Lipinski definition) is 1. The van der Waals surface area contributed by atoms with Crippen LogP contribution in [-0.2, 0) is 21.7 Å². The van der Waals surface area contributed by atoms with Gasteiger partial charge < -0.3 is 42.3 Å². The van der Waals surface area contributed by atoms with Crippen LogP contribution in [0.1, 0.15) is 0 Å². The van der Waals surface area contributed by atoms with Crippen molar-refractivity contribution in [2.45, 2.75) is 0 Å². The first-order valence-corrected chi connectivity index (χ1v) is 1.13. The molecule has 1 N–H and O–H groups in total. The molecular formula is C3H6Cl3OTi. The van der Waals surface area contributed by atoms with Gasteiger partial charge in [-0.2, -0.15) is 0 Å². The minimum Gasteiger partial charge on any atom is -1.00 e. The van der Waals surface area contributed by atoms with Gasteiger partial charge in [0, 0.05) is 0 Å². The summed E-state index contributed by atoms with van der Waals surface area (Å²) in [4.78, 5) is 0. The minimum absolute atomic E-state index is 0. The fourth-order valence-electron chi connectivity index (χ4n) is 0. The minimum atomic E-state index is 0. The van der Waals surface area contributed by atoms with Gasteiger partial charge in [0.1, 0.15) is 0 Å². The third-order valence-corrected chi connectivity index (χ3v) is 0.129. The summed E-state index contributed by atoms with van der Waals surface area (Å²) in [6.45, 7) is 3.31. The Morgan fingerprint density at radius 3 is 1.38 bits per heavy atom. The molecule has 0 spiro atoms. The van der Waals surface area contributed by atoms with Crippen molar-refractivity contribution in [3.63, 3.8) is 0 Å². The van der Waals surface area contributed by atoms with E-state index in [9.17, 15) is 0 Å². The summed E-state index contributed by atoms with van der Waals surface area (Å²) < 4.78 is 0. The Hall–Kier alpha value is 1.28. The second-order valence-corrected chi connectivity index (χ2v) is 0.471. The van der Waals surface area contributed by atoms with Crippen LogP contribution in [0.3, 0.4) is 0 Å². The molecular weight excluding hydrogens is 206 g/mol. The van der Waals surface area contributed by atoms with Crippen LogP contribution in [-0.4, -0.2) is 11.7 Å². The van der Waals surface area contributed by atoms with E-state index in [1.165, 1.54) is 6.08 Å². The summed E-state index contributed by atoms with van der Waals surface area (Å²) >= 11 is 0. The number of halogens is 3. The number of hydrogen-bond acceptors (Lipinski definition) is 1. The Bertz CT molecular complexity index is 28.5. The van der Waals surface area contributed by atoms with Crippen LogP contribution in [0.25, 0.3) is 0 Å². The van der Waals surface area contributed by atoms with Gasteiger partial charge in [0.2, 0.25) is 0 Å². The molecule has 0 unspecified atom stereocenters. The maximum atomic E-state index is 7.76. The van der Waals surface area contributed by atoms with E-state index in [-0.39, 0.29) is 65.5 Å². The standard InChI is InChI=1S/C3H6O.3ClH.Ti/c1-2-3-4;;;;/h2,4H,1,3H2;3*1H;/q;;;;+3/p-3. The van der Waals surface area contributed by atoms with Crippen LogP contribution in [0.5, 0.6) is 0 Å². The van der Waals surface area contributed by atoms with Gasteiger partial charge >= 0.3 is 21.7 Å². The molecule has 0 bridgehead atoms. The van der Waals surface area contributed by atoms with Gasteiger partial charge in [0.15, 0.2) is 0 Å². The molecule has 0 aliphatic heterocycles. The third-order valence-electron chi connectivity index (χ3n) is 0.129. The molecule has 0 aliphatic carbocycles. The van der Waals surface area contributed by atoms with Crippen molar-refractivity contribution >= 4 is 0 Å². The monoisotopic (exact) mass is 211 g/mol. The van der Waals surface area contributed by atoms with Crippen LogP contribution in [0, 0.1) is 0 Å². The topological polar surface area (TPSA) is 20.2 Å². The molecule has 5 heteroatoms. The zero-order valence-electron chi connectivity index (χ0n) is 4.07. The zero-order valence-corrected chi connectivity index (χ0v) is 7.90. The normalized spacial score (nSPS) is 3.12. The van der Waals surface area contributed by atoms with Gasteiger partial charge in [-0.1, -0.05) is 6.08 Å². The van der Waals surface area contributed by atoms with Crippen LogP contribution in [0.15, 0.2) is 12.7 Å². The fourth-order valence-corrected chi connectivity index (χ4v) is 0. The first-order chi connectivity index (χ1) is 1.91. The molecule has 0 aromatic heterocycles. The molecule has 0 atom stereocenters. The fraction of sp³-hybridized carbons (Fsp3) is 0.333. The third kappa shape index (κ3) is 55.1. The molecule has 0 heterocycles. The first-order valence-electron chi connectivity index (χ1n) is 1.13. The number of aliphatic hydroxyl groups excluding tert-OH is 1. The van der Waals surface area contributed by atoms with E-state index < -0.39 is 0 Å². The first kappa shape index (κ1) is 34.7. The summed E-state index contributed by atoms with van der Waals surface area (Å²) in [7, 11) is 0. The van der Waals surface area contributed by atoms with Crippen molar-refractivity contribution in [2.75, 3.05) is 6.61 Å². The summed E-state index contributed by atoms with van der Waals surface area (Å²) in [6, 6.07) is 0. The maximum absolute atomic E-state index is 7.76. The molecule has 0 amide bonds. The van der Waals surface area contributed by atoms with Gasteiger partial charge in [-0.05, 0) is 0 Å². The van der Waals surface area contributed by atoms with Crippen molar-refractivity contribution in [2.24, 2.45) is 0 Å². The van der Waals surface area contributed by atoms with Crippen LogP contribution in [0.2, 0.25) is 0 Å². The van der Waals surface area contributed by atoms with E-state index in [2.05, 4.69) is 6.58 Å². The molecule has 0 rings (SSSR count). The van der Waals surface area contributed by atoms with Crippen LogP contribution >= 0.6 is 0 Å². The summed E-state index contributed by atoms with van der Waals surface area (Å²) in [5.41, 5.74) is 0. The van der Waals surface area contributed by atoms with Gasteiger partial charge in [0.05, 0.1) is 6.61 Å². The second kappa shape index (κ2) is 40.8. The molecule has 0 saturated heterocycles. The van der Waals surface area contributed by atoms with E-state index in [0.29, 0.717) is 0 Å². The van der Waals surface area contributed by atoms with E-state index in [4.69, 9.17) is 5.11 Å². The van der Waals surface area contributed by atoms with Gasteiger partial charge in [-0.3, -0.25) is 0 Å². The zero-order chi connectivity index (χ0) is 3.41. The Morgan fingerprint density at radius 2 is 1.38 bits per heavy atom. The van der Waals surface area contributed by atoms with Gasteiger partial charge in [-0.15, -0.1) is 6.58 Å².